The molecule has 0 radical (unpaired) electrons. The van der Waals surface area contributed by atoms with Crippen LogP contribution in [0.5, 0.6) is 0 Å². The molecule has 0 atom stereocenters. The molecule has 3 aromatic rings. The molecule has 0 aliphatic rings. The van der Waals surface area contributed by atoms with Gasteiger partial charge in [0.15, 0.2) is 0 Å². The molecule has 0 saturated heterocycles. The van der Waals surface area contributed by atoms with Crippen LogP contribution in [-0.4, -0.2) is 20.7 Å². The molecular formula is C17H15F2N5OS. The van der Waals surface area contributed by atoms with Crippen LogP contribution in [0.4, 0.5) is 20.4 Å². The monoisotopic (exact) mass is 375 g/mol. The molecule has 6 nitrogen and oxygen atoms in total. The average Bonchev–Trinajstić information content (AvgIpc) is 2.96. The van der Waals surface area contributed by atoms with E-state index in [-0.39, 0.29) is 24.0 Å². The van der Waals surface area contributed by atoms with Gasteiger partial charge in [0.1, 0.15) is 18.2 Å². The van der Waals surface area contributed by atoms with Crippen molar-refractivity contribution in [2.45, 2.75) is 17.5 Å². The smallest absolute Gasteiger partial charge is 0.246 e. The quantitative estimate of drug-likeness (QED) is 0.647. The lowest BCUT2D eigenvalue weighted by Crippen LogP contribution is -2.21. The molecule has 1 heterocycles. The summed E-state index contributed by atoms with van der Waals surface area (Å²) in [5, 5.41) is 7.01. The Bertz CT molecular complexity index is 914. The first-order chi connectivity index (χ1) is 12.5. The van der Waals surface area contributed by atoms with Crippen LogP contribution in [0, 0.1) is 11.6 Å². The second kappa shape index (κ2) is 7.96. The second-order valence-electron chi connectivity index (χ2n) is 5.35. The number of halogens is 2. The predicted molar refractivity (Wildman–Crippen MR) is 95.4 cm³/mol. The SMILES string of the molecule is Nc1nc(SCc2ccc(F)cc2)nn1CC(=O)Nc1ccccc1F. The summed E-state index contributed by atoms with van der Waals surface area (Å²) in [4.78, 5) is 16.1. The number of nitrogens with two attached hydrogens (primary N) is 1. The molecule has 2 aromatic carbocycles. The number of hydrogen-bond acceptors (Lipinski definition) is 5. The van der Waals surface area contributed by atoms with Crippen LogP contribution in [0.1, 0.15) is 5.56 Å². The Morgan fingerprint density at radius 1 is 1.15 bits per heavy atom. The molecule has 0 fully saturated rings. The number of carbonyl (C=O) groups excluding carboxylic acids is 1. The van der Waals surface area contributed by atoms with Crippen molar-refractivity contribution < 1.29 is 13.6 Å². The van der Waals surface area contributed by atoms with Crippen LogP contribution in [0.2, 0.25) is 0 Å². The fraction of sp³-hybridized carbons (Fsp3) is 0.118. The molecule has 3 N–H and O–H groups in total. The van der Waals surface area contributed by atoms with Crippen LogP contribution >= 0.6 is 11.8 Å². The lowest BCUT2D eigenvalue weighted by molar-refractivity contribution is -0.116. The number of amides is 1. The lowest BCUT2D eigenvalue weighted by Gasteiger charge is -2.06. The number of carbonyl (C=O) groups is 1. The molecule has 0 bridgehead atoms. The Kier molecular flexibility index (Phi) is 5.47. The first-order valence-electron chi connectivity index (χ1n) is 7.63. The number of para-hydroxylation sites is 1. The molecule has 1 amide bonds. The van der Waals surface area contributed by atoms with Crippen molar-refractivity contribution in [3.05, 3.63) is 65.7 Å². The molecule has 26 heavy (non-hydrogen) atoms. The van der Waals surface area contributed by atoms with E-state index in [4.69, 9.17) is 5.73 Å². The number of rotatable bonds is 6. The van der Waals surface area contributed by atoms with Crippen molar-refractivity contribution in [2.24, 2.45) is 0 Å². The van der Waals surface area contributed by atoms with Crippen molar-refractivity contribution in [1.29, 1.82) is 0 Å². The molecule has 9 heteroatoms. The highest BCUT2D eigenvalue weighted by atomic mass is 32.2. The molecule has 0 aliphatic carbocycles. The van der Waals surface area contributed by atoms with Gasteiger partial charge in [0.25, 0.3) is 0 Å². The summed E-state index contributed by atoms with van der Waals surface area (Å²) in [6, 6.07) is 12.0. The van der Waals surface area contributed by atoms with Crippen molar-refractivity contribution in [3.63, 3.8) is 0 Å². The molecule has 3 rings (SSSR count). The van der Waals surface area contributed by atoms with Gasteiger partial charge < -0.3 is 11.1 Å². The lowest BCUT2D eigenvalue weighted by atomic mass is 10.2. The predicted octanol–water partition coefficient (Wildman–Crippen LogP) is 3.07. The highest BCUT2D eigenvalue weighted by Gasteiger charge is 2.13. The first-order valence-corrected chi connectivity index (χ1v) is 8.62. The molecule has 1 aromatic heterocycles. The summed E-state index contributed by atoms with van der Waals surface area (Å²) >= 11 is 1.31. The zero-order valence-corrected chi connectivity index (χ0v) is 14.3. The van der Waals surface area contributed by atoms with Crippen LogP contribution in [0.25, 0.3) is 0 Å². The molecular weight excluding hydrogens is 360 g/mol. The number of benzene rings is 2. The fourth-order valence-corrected chi connectivity index (χ4v) is 2.93. The topological polar surface area (TPSA) is 85.8 Å². The second-order valence-corrected chi connectivity index (χ2v) is 6.30. The zero-order valence-electron chi connectivity index (χ0n) is 13.5. The van der Waals surface area contributed by atoms with Gasteiger partial charge in [-0.25, -0.2) is 13.5 Å². The van der Waals surface area contributed by atoms with E-state index >= 15 is 0 Å². The minimum atomic E-state index is -0.525. The summed E-state index contributed by atoms with van der Waals surface area (Å²) in [5.41, 5.74) is 6.77. The number of nitrogens with one attached hydrogen (secondary N) is 1. The van der Waals surface area contributed by atoms with E-state index in [1.807, 2.05) is 0 Å². The Hall–Kier alpha value is -2.94. The maximum absolute atomic E-state index is 13.6. The van der Waals surface area contributed by atoms with Gasteiger partial charge in [-0.3, -0.25) is 4.79 Å². The van der Waals surface area contributed by atoms with Crippen molar-refractivity contribution in [1.82, 2.24) is 14.8 Å². The minimum absolute atomic E-state index is 0.0790. The van der Waals surface area contributed by atoms with Crippen molar-refractivity contribution in [3.8, 4) is 0 Å². The van der Waals surface area contributed by atoms with Crippen molar-refractivity contribution in [2.75, 3.05) is 11.1 Å². The highest BCUT2D eigenvalue weighted by molar-refractivity contribution is 7.98. The Labute approximate surface area is 152 Å². The molecule has 0 spiro atoms. The maximum atomic E-state index is 13.6. The largest absolute Gasteiger partial charge is 0.368 e. The van der Waals surface area contributed by atoms with Crippen LogP contribution in [-0.2, 0) is 17.1 Å². The van der Waals surface area contributed by atoms with E-state index in [0.717, 1.165) is 5.56 Å². The van der Waals surface area contributed by atoms with E-state index in [0.29, 0.717) is 10.9 Å². The van der Waals surface area contributed by atoms with Gasteiger partial charge >= 0.3 is 0 Å². The average molecular weight is 375 g/mol. The Balaban J connectivity index is 1.60. The minimum Gasteiger partial charge on any atom is -0.368 e. The number of aromatic nitrogens is 3. The van der Waals surface area contributed by atoms with Crippen LogP contribution in [0.15, 0.2) is 53.7 Å². The third-order valence-corrected chi connectivity index (χ3v) is 4.31. The number of thioether (sulfide) groups is 1. The third-order valence-electron chi connectivity index (χ3n) is 3.40. The Morgan fingerprint density at radius 2 is 1.88 bits per heavy atom. The summed E-state index contributed by atoms with van der Waals surface area (Å²) in [5.74, 6) is -0.684. The summed E-state index contributed by atoms with van der Waals surface area (Å²) < 4.78 is 27.7. The normalized spacial score (nSPS) is 10.7. The van der Waals surface area contributed by atoms with Gasteiger partial charge in [-0.2, -0.15) is 4.98 Å². The van der Waals surface area contributed by atoms with Crippen molar-refractivity contribution >= 4 is 29.3 Å². The third kappa shape index (κ3) is 4.57. The number of nitrogen functional groups attached to an aromatic ring is 1. The highest BCUT2D eigenvalue weighted by Crippen LogP contribution is 2.21. The number of anilines is 2. The number of nitrogens with zero attached hydrogens (tertiary/aromatic N) is 3. The van der Waals surface area contributed by atoms with Gasteiger partial charge in [0.05, 0.1) is 5.69 Å². The summed E-state index contributed by atoms with van der Waals surface area (Å²) in [7, 11) is 0. The van der Waals surface area contributed by atoms with Crippen LogP contribution < -0.4 is 11.1 Å². The van der Waals surface area contributed by atoms with Crippen LogP contribution in [0.3, 0.4) is 0 Å². The summed E-state index contributed by atoms with van der Waals surface area (Å²) in [6.07, 6.45) is 0. The maximum Gasteiger partial charge on any atom is 0.246 e. The van der Waals surface area contributed by atoms with E-state index < -0.39 is 11.7 Å². The fourth-order valence-electron chi connectivity index (χ4n) is 2.13. The van der Waals surface area contributed by atoms with Gasteiger partial charge in [0, 0.05) is 5.75 Å². The number of hydrogen-bond donors (Lipinski definition) is 2. The zero-order chi connectivity index (χ0) is 18.5. The molecule has 0 aliphatic heterocycles. The van der Waals surface area contributed by atoms with Gasteiger partial charge in [-0.15, -0.1) is 5.10 Å². The Morgan fingerprint density at radius 3 is 2.62 bits per heavy atom. The van der Waals surface area contributed by atoms with Gasteiger partial charge in [0.2, 0.25) is 17.0 Å². The van der Waals surface area contributed by atoms with E-state index in [1.54, 1.807) is 18.2 Å². The molecule has 134 valence electrons. The van der Waals surface area contributed by atoms with E-state index in [9.17, 15) is 13.6 Å². The first kappa shape index (κ1) is 17.9. The standard InChI is InChI=1S/C17H15F2N5OS/c18-12-7-5-11(6-8-12)10-26-17-22-16(20)24(23-17)9-15(25)21-14-4-2-1-3-13(14)19/h1-8H,9-10H2,(H,21,25)(H2,20,22,23). The van der Waals surface area contributed by atoms with E-state index in [2.05, 4.69) is 15.4 Å². The van der Waals surface area contributed by atoms with Gasteiger partial charge in [-0.1, -0.05) is 36.0 Å². The van der Waals surface area contributed by atoms with Gasteiger partial charge in [-0.05, 0) is 29.8 Å². The molecule has 0 saturated carbocycles. The summed E-state index contributed by atoms with van der Waals surface area (Å²) in [6.45, 7) is -0.190. The van der Waals surface area contributed by atoms with E-state index in [1.165, 1.54) is 46.8 Å². The molecule has 0 unspecified atom stereocenters.